The number of thioether (sulfide) groups is 1. The first-order valence-electron chi connectivity index (χ1n) is 7.96. The van der Waals surface area contributed by atoms with E-state index in [-0.39, 0.29) is 29.2 Å². The molecule has 10 heteroatoms. The van der Waals surface area contributed by atoms with E-state index in [4.69, 9.17) is 0 Å². The van der Waals surface area contributed by atoms with Gasteiger partial charge in [-0.2, -0.15) is 4.68 Å². The number of para-hydroxylation sites is 1. The molecule has 2 aromatic rings. The van der Waals surface area contributed by atoms with Crippen LogP contribution in [0.3, 0.4) is 0 Å². The van der Waals surface area contributed by atoms with Crippen LogP contribution in [0.15, 0.2) is 35.5 Å². The van der Waals surface area contributed by atoms with Crippen molar-refractivity contribution in [1.82, 2.24) is 25.1 Å². The van der Waals surface area contributed by atoms with Crippen molar-refractivity contribution >= 4 is 27.5 Å². The molecular formula is C15H19N5O3S2. The minimum atomic E-state index is -3.02. The molecule has 2 heterocycles. The highest BCUT2D eigenvalue weighted by atomic mass is 32.2. The molecule has 0 N–H and O–H groups in total. The van der Waals surface area contributed by atoms with Crippen LogP contribution in [0.1, 0.15) is 13.3 Å². The Morgan fingerprint density at radius 2 is 2.12 bits per heavy atom. The summed E-state index contributed by atoms with van der Waals surface area (Å²) in [5, 5.41) is 12.1. The zero-order valence-corrected chi connectivity index (χ0v) is 15.4. The fourth-order valence-corrected chi connectivity index (χ4v) is 5.38. The van der Waals surface area contributed by atoms with Gasteiger partial charge in [-0.15, -0.1) is 5.10 Å². The highest BCUT2D eigenvalue weighted by molar-refractivity contribution is 7.99. The van der Waals surface area contributed by atoms with Crippen LogP contribution >= 0.6 is 11.8 Å². The number of sulfone groups is 1. The topological polar surface area (TPSA) is 98.1 Å². The summed E-state index contributed by atoms with van der Waals surface area (Å²) in [6, 6.07) is 9.20. The molecule has 0 aliphatic carbocycles. The van der Waals surface area contributed by atoms with E-state index in [2.05, 4.69) is 15.5 Å². The molecule has 1 aliphatic rings. The summed E-state index contributed by atoms with van der Waals surface area (Å²) >= 11 is 1.25. The van der Waals surface area contributed by atoms with Crippen LogP contribution < -0.4 is 0 Å². The van der Waals surface area contributed by atoms with E-state index in [0.29, 0.717) is 18.1 Å². The number of nitrogens with zero attached hydrogens (tertiary/aromatic N) is 5. The molecule has 1 atom stereocenters. The van der Waals surface area contributed by atoms with Crippen LogP contribution in [0, 0.1) is 0 Å². The van der Waals surface area contributed by atoms with Gasteiger partial charge >= 0.3 is 0 Å². The zero-order chi connectivity index (χ0) is 17.9. The number of aromatic nitrogens is 4. The molecule has 0 unspecified atom stereocenters. The third-order valence-corrected chi connectivity index (χ3v) is 6.73. The summed E-state index contributed by atoms with van der Waals surface area (Å²) in [6.45, 7) is 2.35. The number of tetrazole rings is 1. The number of hydrogen-bond acceptors (Lipinski definition) is 7. The van der Waals surface area contributed by atoms with Crippen LogP contribution in [0.4, 0.5) is 0 Å². The lowest BCUT2D eigenvalue weighted by Gasteiger charge is -2.26. The molecule has 3 rings (SSSR count). The van der Waals surface area contributed by atoms with Gasteiger partial charge in [0, 0.05) is 12.6 Å². The summed E-state index contributed by atoms with van der Waals surface area (Å²) in [6.07, 6.45) is 0.508. The average Bonchev–Trinajstić information content (AvgIpc) is 3.21. The fraction of sp³-hybridized carbons (Fsp3) is 0.467. The Bertz CT molecular complexity index is 838. The first-order chi connectivity index (χ1) is 12.0. The van der Waals surface area contributed by atoms with E-state index in [0.717, 1.165) is 5.69 Å². The maximum atomic E-state index is 12.5. The summed E-state index contributed by atoms with van der Waals surface area (Å²) < 4.78 is 24.9. The normalized spacial score (nSPS) is 19.0. The second-order valence-electron chi connectivity index (χ2n) is 5.73. The predicted octanol–water partition coefficient (Wildman–Crippen LogP) is 0.790. The van der Waals surface area contributed by atoms with Crippen molar-refractivity contribution in [2.45, 2.75) is 24.5 Å². The van der Waals surface area contributed by atoms with E-state index < -0.39 is 9.84 Å². The van der Waals surface area contributed by atoms with E-state index in [9.17, 15) is 13.2 Å². The van der Waals surface area contributed by atoms with Crippen molar-refractivity contribution in [3.63, 3.8) is 0 Å². The van der Waals surface area contributed by atoms with Gasteiger partial charge in [0.05, 0.1) is 22.9 Å². The predicted molar refractivity (Wildman–Crippen MR) is 94.3 cm³/mol. The van der Waals surface area contributed by atoms with E-state index in [1.54, 1.807) is 9.58 Å². The molecule has 0 bridgehead atoms. The minimum Gasteiger partial charge on any atom is -0.338 e. The van der Waals surface area contributed by atoms with E-state index >= 15 is 0 Å². The summed E-state index contributed by atoms with van der Waals surface area (Å²) in [5.41, 5.74) is 0.816. The van der Waals surface area contributed by atoms with Crippen molar-refractivity contribution in [1.29, 1.82) is 0 Å². The van der Waals surface area contributed by atoms with Crippen molar-refractivity contribution in [3.8, 4) is 5.69 Å². The molecule has 1 aromatic carbocycles. The second kappa shape index (κ2) is 7.52. The maximum Gasteiger partial charge on any atom is 0.233 e. The lowest BCUT2D eigenvalue weighted by atomic mass is 10.2. The van der Waals surface area contributed by atoms with Crippen LogP contribution in [-0.2, 0) is 14.6 Å². The van der Waals surface area contributed by atoms with Gasteiger partial charge in [-0.1, -0.05) is 30.0 Å². The van der Waals surface area contributed by atoms with E-state index in [1.807, 2.05) is 37.3 Å². The van der Waals surface area contributed by atoms with Gasteiger partial charge in [0.1, 0.15) is 0 Å². The van der Waals surface area contributed by atoms with Crippen molar-refractivity contribution in [3.05, 3.63) is 30.3 Å². The molecule has 1 fully saturated rings. The average molecular weight is 381 g/mol. The van der Waals surface area contributed by atoms with Crippen LogP contribution in [0.2, 0.25) is 0 Å². The van der Waals surface area contributed by atoms with Gasteiger partial charge < -0.3 is 4.90 Å². The van der Waals surface area contributed by atoms with Crippen LogP contribution in [0.25, 0.3) is 5.69 Å². The third kappa shape index (κ3) is 4.18. The molecule has 1 saturated heterocycles. The minimum absolute atomic E-state index is 0.0546. The van der Waals surface area contributed by atoms with Gasteiger partial charge in [-0.3, -0.25) is 4.79 Å². The molecule has 25 heavy (non-hydrogen) atoms. The highest BCUT2D eigenvalue weighted by Crippen LogP contribution is 2.22. The number of carbonyl (C=O) groups is 1. The van der Waals surface area contributed by atoms with Crippen molar-refractivity contribution < 1.29 is 13.2 Å². The zero-order valence-electron chi connectivity index (χ0n) is 13.8. The number of hydrogen-bond donors (Lipinski definition) is 0. The van der Waals surface area contributed by atoms with Gasteiger partial charge in [-0.25, -0.2) is 8.42 Å². The third-order valence-electron chi connectivity index (χ3n) is 4.08. The molecular weight excluding hydrogens is 362 g/mol. The van der Waals surface area contributed by atoms with Crippen LogP contribution in [0.5, 0.6) is 0 Å². The standard InChI is InChI=1S/C15H19N5O3S2/c1-2-19(13-8-9-25(22,23)11-13)14(21)10-24-15-16-17-18-20(15)12-6-4-3-5-7-12/h3-7,13H,2,8-11H2,1H3/t13-/m0/s1. The van der Waals surface area contributed by atoms with E-state index in [1.165, 1.54) is 11.8 Å². The highest BCUT2D eigenvalue weighted by Gasteiger charge is 2.33. The largest absolute Gasteiger partial charge is 0.338 e. The van der Waals surface area contributed by atoms with Gasteiger partial charge in [-0.05, 0) is 35.9 Å². The number of rotatable bonds is 6. The van der Waals surface area contributed by atoms with Crippen molar-refractivity contribution in [2.75, 3.05) is 23.8 Å². The number of carbonyl (C=O) groups excluding carboxylic acids is 1. The second-order valence-corrected chi connectivity index (χ2v) is 8.91. The van der Waals surface area contributed by atoms with Gasteiger partial charge in [0.25, 0.3) is 0 Å². The molecule has 134 valence electrons. The Morgan fingerprint density at radius 3 is 2.76 bits per heavy atom. The summed E-state index contributed by atoms with van der Waals surface area (Å²) in [4.78, 5) is 14.2. The monoisotopic (exact) mass is 381 g/mol. The molecule has 0 radical (unpaired) electrons. The first-order valence-corrected chi connectivity index (χ1v) is 10.8. The smallest absolute Gasteiger partial charge is 0.233 e. The van der Waals surface area contributed by atoms with Gasteiger partial charge in [0.15, 0.2) is 9.84 Å². The first kappa shape index (κ1) is 17.9. The Balaban J connectivity index is 1.66. The van der Waals surface area contributed by atoms with Gasteiger partial charge in [0.2, 0.25) is 11.1 Å². The molecule has 8 nitrogen and oxygen atoms in total. The SMILES string of the molecule is CCN(C(=O)CSc1nnnn1-c1ccccc1)[C@H]1CCS(=O)(=O)C1. The summed E-state index contributed by atoms with van der Waals surface area (Å²) in [7, 11) is -3.02. The number of amides is 1. The Labute approximate surface area is 150 Å². The fourth-order valence-electron chi connectivity index (χ4n) is 2.87. The molecule has 1 aromatic heterocycles. The number of benzene rings is 1. The maximum absolute atomic E-state index is 12.5. The lowest BCUT2D eigenvalue weighted by molar-refractivity contribution is -0.129. The molecule has 1 amide bonds. The molecule has 0 saturated carbocycles. The Morgan fingerprint density at radius 1 is 1.36 bits per heavy atom. The quantitative estimate of drug-likeness (QED) is 0.682. The lowest BCUT2D eigenvalue weighted by Crippen LogP contribution is -2.42. The molecule has 0 spiro atoms. The molecule has 1 aliphatic heterocycles. The Kier molecular flexibility index (Phi) is 5.38. The van der Waals surface area contributed by atoms with Crippen LogP contribution in [-0.4, -0.2) is 69.3 Å². The Hall–Kier alpha value is -1.94. The van der Waals surface area contributed by atoms with Crippen molar-refractivity contribution in [2.24, 2.45) is 0 Å². The summed E-state index contributed by atoms with van der Waals surface area (Å²) in [5.74, 6) is 0.273.